The molecule has 0 spiro atoms. The second-order valence-electron chi connectivity index (χ2n) is 17.6. The molecule has 5 aromatic heterocycles. The summed E-state index contributed by atoms with van der Waals surface area (Å²) in [5, 5.41) is 23.4. The smallest absolute Gasteiger partial charge is 0.284 e. The fourth-order valence-electron chi connectivity index (χ4n) is 10.4. The minimum atomic E-state index is -2.87. The average molecular weight is 866 g/mol. The Labute approximate surface area is 358 Å². The zero-order valence-electron chi connectivity index (χ0n) is 34.3. The van der Waals surface area contributed by atoms with Crippen LogP contribution < -0.4 is 15.5 Å². The standard InChI is InChI=1S/C43H46F3N13O4/c44-26-13-31(32-17-49-59(36(32)14-26)35-5-6-38(60)52-43(35)62)25-16-47-57(20-25)28-7-10-54(11-8-28)19-24-1-3-27(4-2-24)58-22-34(39(53-58)40(45)46)50-42(61)33-18-48-56-12-9-37(51-41(33)56)55-21-30-15-29(55)23-63-30/h9,12-14,16-18,20,22,24,27-30,35,40H,1-8,10-11,15,19,21,23H2,(H,50,61)(H,52,60,62)/t24?,27?,29-,30-,35?/m1/s1. The van der Waals surface area contributed by atoms with E-state index < -0.39 is 35.8 Å². The second kappa shape index (κ2) is 15.9. The number of hydrogen-bond acceptors (Lipinski definition) is 11. The maximum Gasteiger partial charge on any atom is 0.284 e. The molecule has 328 valence electrons. The highest BCUT2D eigenvalue weighted by Crippen LogP contribution is 2.38. The van der Waals surface area contributed by atoms with Crippen LogP contribution in [-0.4, -0.2) is 111 Å². The molecule has 3 atom stereocenters. The van der Waals surface area contributed by atoms with Gasteiger partial charge in [0.25, 0.3) is 18.2 Å². The van der Waals surface area contributed by atoms with Crippen LogP contribution in [0.25, 0.3) is 27.7 Å². The third-order valence-corrected chi connectivity index (χ3v) is 13.7. The molecule has 1 aliphatic carbocycles. The van der Waals surface area contributed by atoms with E-state index >= 15 is 4.39 Å². The normalized spacial score (nSPS) is 24.6. The van der Waals surface area contributed by atoms with Crippen molar-refractivity contribution >= 4 is 45.8 Å². The maximum atomic E-state index is 15.0. The molecule has 5 fully saturated rings. The van der Waals surface area contributed by atoms with Crippen molar-refractivity contribution < 1.29 is 32.3 Å². The number of ether oxygens (including phenoxy) is 1. The van der Waals surface area contributed by atoms with Crippen LogP contribution in [0.4, 0.5) is 24.7 Å². The summed E-state index contributed by atoms with van der Waals surface area (Å²) < 4.78 is 56.0. The number of carbonyl (C=O) groups excluding carboxylic acids is 3. The van der Waals surface area contributed by atoms with E-state index in [1.165, 1.54) is 33.7 Å². The Morgan fingerprint density at radius 3 is 2.52 bits per heavy atom. The number of amides is 3. The molecular formula is C43H46F3N13O4. The van der Waals surface area contributed by atoms with E-state index in [9.17, 15) is 23.2 Å². The summed E-state index contributed by atoms with van der Waals surface area (Å²) in [5.74, 6) is -0.607. The number of likely N-dealkylation sites (tertiary alicyclic amines) is 1. The number of hydrogen-bond donors (Lipinski definition) is 2. The Bertz CT molecular complexity index is 2730. The topological polar surface area (TPSA) is 175 Å². The molecule has 1 saturated carbocycles. The van der Waals surface area contributed by atoms with Crippen LogP contribution in [0.3, 0.4) is 0 Å². The van der Waals surface area contributed by atoms with Gasteiger partial charge >= 0.3 is 0 Å². The molecule has 20 heteroatoms. The van der Waals surface area contributed by atoms with E-state index in [4.69, 9.17) is 9.72 Å². The molecule has 1 unspecified atom stereocenters. The summed E-state index contributed by atoms with van der Waals surface area (Å²) in [6, 6.07) is 4.36. The Morgan fingerprint density at radius 2 is 1.76 bits per heavy atom. The third-order valence-electron chi connectivity index (χ3n) is 13.7. The zero-order chi connectivity index (χ0) is 42.9. The molecule has 6 aromatic rings. The van der Waals surface area contributed by atoms with Crippen molar-refractivity contribution in [1.29, 1.82) is 0 Å². The van der Waals surface area contributed by atoms with Crippen molar-refractivity contribution in [2.24, 2.45) is 5.92 Å². The number of nitrogens with zero attached hydrogens (tertiary/aromatic N) is 11. The van der Waals surface area contributed by atoms with E-state index in [-0.39, 0.29) is 47.8 Å². The quantitative estimate of drug-likeness (QED) is 0.167. The molecule has 4 aliphatic heterocycles. The molecule has 3 amide bonds. The van der Waals surface area contributed by atoms with E-state index in [2.05, 4.69) is 40.8 Å². The largest absolute Gasteiger partial charge is 0.374 e. The molecule has 2 bridgehead atoms. The summed E-state index contributed by atoms with van der Waals surface area (Å²) >= 11 is 0. The molecule has 11 rings (SSSR count). The lowest BCUT2D eigenvalue weighted by Gasteiger charge is -2.36. The predicted octanol–water partition coefficient (Wildman–Crippen LogP) is 5.49. The highest BCUT2D eigenvalue weighted by Gasteiger charge is 2.40. The Balaban J connectivity index is 0.692. The summed E-state index contributed by atoms with van der Waals surface area (Å²) in [4.78, 5) is 47.3. The number of benzene rings is 1. The van der Waals surface area contributed by atoms with Gasteiger partial charge in [-0.2, -0.15) is 20.4 Å². The molecule has 63 heavy (non-hydrogen) atoms. The molecule has 17 nitrogen and oxygen atoms in total. The monoisotopic (exact) mass is 865 g/mol. The number of nitrogens with one attached hydrogen (secondary N) is 2. The first-order valence-electron chi connectivity index (χ1n) is 21.8. The molecule has 0 radical (unpaired) electrons. The summed E-state index contributed by atoms with van der Waals surface area (Å²) in [6.45, 7) is 4.13. The number of piperidine rings is 2. The number of aromatic nitrogens is 9. The summed E-state index contributed by atoms with van der Waals surface area (Å²) in [6.07, 6.45) is 14.0. The number of anilines is 2. The summed E-state index contributed by atoms with van der Waals surface area (Å²) in [5.41, 5.74) is 1.94. The van der Waals surface area contributed by atoms with Crippen molar-refractivity contribution in [3.05, 3.63) is 72.5 Å². The third kappa shape index (κ3) is 7.41. The number of fused-ring (bicyclic) bond motifs is 4. The lowest BCUT2D eigenvalue weighted by atomic mass is 9.85. The van der Waals surface area contributed by atoms with E-state index in [0.717, 1.165) is 82.5 Å². The molecule has 4 saturated heterocycles. The van der Waals surface area contributed by atoms with E-state index in [0.29, 0.717) is 41.1 Å². The maximum absolute atomic E-state index is 15.0. The number of alkyl halides is 2. The van der Waals surface area contributed by atoms with Gasteiger partial charge in [0, 0.05) is 62.1 Å². The van der Waals surface area contributed by atoms with Gasteiger partial charge in [0.15, 0.2) is 11.3 Å². The van der Waals surface area contributed by atoms with Crippen LogP contribution in [0.15, 0.2) is 55.4 Å². The SMILES string of the molecule is O=C1CCC(n2ncc3c(-c4cnn(C5CCN(CC6CCC(n7cc(NC(=O)c8cnn9ccc(N%10C[C@H]%11C[C@@H]%10CO%11)nc89)c(C(F)F)n7)CC6)CC5)c4)cc(F)cc32)C(=O)N1. The van der Waals surface area contributed by atoms with Crippen LogP contribution in [0.2, 0.25) is 0 Å². The highest BCUT2D eigenvalue weighted by molar-refractivity contribution is 6.08. The first-order valence-corrected chi connectivity index (χ1v) is 21.8. The van der Waals surface area contributed by atoms with Crippen LogP contribution in [-0.2, 0) is 14.3 Å². The van der Waals surface area contributed by atoms with Gasteiger partial charge in [-0.15, -0.1) is 0 Å². The van der Waals surface area contributed by atoms with Crippen molar-refractivity contribution in [3.63, 3.8) is 0 Å². The first-order chi connectivity index (χ1) is 30.6. The summed E-state index contributed by atoms with van der Waals surface area (Å²) in [7, 11) is 0. The van der Waals surface area contributed by atoms with Crippen LogP contribution in [0.5, 0.6) is 0 Å². The lowest BCUT2D eigenvalue weighted by molar-refractivity contribution is -0.135. The van der Waals surface area contributed by atoms with Gasteiger partial charge in [-0.25, -0.2) is 22.7 Å². The van der Waals surface area contributed by atoms with Crippen LogP contribution >= 0.6 is 0 Å². The Hall–Kier alpha value is -6.15. The van der Waals surface area contributed by atoms with Crippen LogP contribution in [0, 0.1) is 11.7 Å². The molecule has 2 N–H and O–H groups in total. The molecular weight excluding hydrogens is 820 g/mol. The van der Waals surface area contributed by atoms with Crippen molar-refractivity contribution in [2.75, 3.05) is 43.0 Å². The fourth-order valence-corrected chi connectivity index (χ4v) is 10.4. The lowest BCUT2D eigenvalue weighted by Crippen LogP contribution is -2.42. The molecule has 1 aromatic carbocycles. The predicted molar refractivity (Wildman–Crippen MR) is 222 cm³/mol. The number of rotatable bonds is 10. The van der Waals surface area contributed by atoms with Crippen molar-refractivity contribution in [2.45, 2.75) is 94.5 Å². The van der Waals surface area contributed by atoms with Gasteiger partial charge in [-0.05, 0) is 81.0 Å². The van der Waals surface area contributed by atoms with Gasteiger partial charge in [0.05, 0.1) is 60.6 Å². The minimum Gasteiger partial charge on any atom is -0.374 e. The van der Waals surface area contributed by atoms with E-state index in [1.54, 1.807) is 23.3 Å². The van der Waals surface area contributed by atoms with Crippen molar-refractivity contribution in [1.82, 2.24) is 54.2 Å². The molecule has 5 aliphatic rings. The average Bonchev–Trinajstić information content (AvgIpc) is 4.15. The van der Waals surface area contributed by atoms with Gasteiger partial charge < -0.3 is 19.9 Å². The first kappa shape index (κ1) is 39.7. The Morgan fingerprint density at radius 1 is 0.937 bits per heavy atom. The second-order valence-corrected chi connectivity index (χ2v) is 17.6. The van der Waals surface area contributed by atoms with Crippen molar-refractivity contribution in [3.8, 4) is 11.1 Å². The van der Waals surface area contributed by atoms with E-state index in [1.807, 2.05) is 16.9 Å². The van der Waals surface area contributed by atoms with Gasteiger partial charge in [-0.3, -0.25) is 33.7 Å². The number of imide groups is 1. The van der Waals surface area contributed by atoms with Gasteiger partial charge in [0.2, 0.25) is 5.91 Å². The number of carbonyl (C=O) groups is 3. The zero-order valence-corrected chi connectivity index (χ0v) is 34.3. The minimum absolute atomic E-state index is 0.0149. The van der Waals surface area contributed by atoms with Crippen LogP contribution in [0.1, 0.15) is 98.4 Å². The van der Waals surface area contributed by atoms with Gasteiger partial charge in [-0.1, -0.05) is 0 Å². The molecule has 9 heterocycles. The van der Waals surface area contributed by atoms with Gasteiger partial charge in [0.1, 0.15) is 23.2 Å². The fraction of sp³-hybridized carbons (Fsp3) is 0.488. The Kier molecular flexibility index (Phi) is 10.0. The number of morpholine rings is 1. The highest BCUT2D eigenvalue weighted by atomic mass is 19.3. The number of halogens is 3.